The first-order valence-electron chi connectivity index (χ1n) is 5.72. The fourth-order valence-corrected chi connectivity index (χ4v) is 2.23. The Kier molecular flexibility index (Phi) is 4.57. The van der Waals surface area contributed by atoms with E-state index in [2.05, 4.69) is 4.98 Å². The minimum Gasteiger partial charge on any atom is -0.496 e. The van der Waals surface area contributed by atoms with Crippen molar-refractivity contribution in [3.8, 4) is 28.4 Å². The highest BCUT2D eigenvalue weighted by atomic mass is 35.5. The van der Waals surface area contributed by atoms with E-state index in [1.54, 1.807) is 39.5 Å². The second-order valence-corrected chi connectivity index (χ2v) is 4.69. The van der Waals surface area contributed by atoms with E-state index in [0.717, 1.165) is 0 Å². The summed E-state index contributed by atoms with van der Waals surface area (Å²) in [6.07, 6.45) is 1.49. The Morgan fingerprint density at radius 2 is 1.50 bits per heavy atom. The van der Waals surface area contributed by atoms with Gasteiger partial charge in [-0.25, -0.2) is 4.98 Å². The van der Waals surface area contributed by atoms with Crippen molar-refractivity contribution in [2.24, 2.45) is 0 Å². The van der Waals surface area contributed by atoms with Gasteiger partial charge in [0.2, 0.25) is 0 Å². The van der Waals surface area contributed by atoms with Gasteiger partial charge in [0.15, 0.2) is 0 Å². The molecular formula is C14H13Cl2NO3. The molecule has 1 aromatic carbocycles. The lowest BCUT2D eigenvalue weighted by Crippen LogP contribution is -1.96. The Morgan fingerprint density at radius 3 is 2.00 bits per heavy atom. The van der Waals surface area contributed by atoms with Gasteiger partial charge in [-0.3, -0.25) is 0 Å². The third-order valence-corrected chi connectivity index (χ3v) is 3.31. The molecular weight excluding hydrogens is 301 g/mol. The van der Waals surface area contributed by atoms with Gasteiger partial charge >= 0.3 is 0 Å². The topological polar surface area (TPSA) is 40.6 Å². The van der Waals surface area contributed by atoms with Crippen molar-refractivity contribution in [1.29, 1.82) is 0 Å². The number of nitrogens with zero attached hydrogens (tertiary/aromatic N) is 1. The molecule has 0 saturated heterocycles. The molecule has 2 rings (SSSR count). The summed E-state index contributed by atoms with van der Waals surface area (Å²) in [5.74, 6) is 1.77. The first kappa shape index (κ1) is 14.8. The van der Waals surface area contributed by atoms with Gasteiger partial charge in [-0.15, -0.1) is 0 Å². The predicted molar refractivity (Wildman–Crippen MR) is 79.3 cm³/mol. The van der Waals surface area contributed by atoms with E-state index in [1.165, 1.54) is 6.20 Å². The highest BCUT2D eigenvalue weighted by molar-refractivity contribution is 6.34. The number of ether oxygens (including phenoxy) is 3. The van der Waals surface area contributed by atoms with E-state index in [1.807, 2.05) is 0 Å². The molecule has 0 bridgehead atoms. The largest absolute Gasteiger partial charge is 0.496 e. The smallest absolute Gasteiger partial charge is 0.134 e. The molecule has 0 amide bonds. The number of methoxy groups -OCH3 is 3. The molecule has 0 aliphatic rings. The van der Waals surface area contributed by atoms with Crippen LogP contribution in [-0.4, -0.2) is 26.3 Å². The Hall–Kier alpha value is -1.65. The van der Waals surface area contributed by atoms with E-state index in [-0.39, 0.29) is 0 Å². The summed E-state index contributed by atoms with van der Waals surface area (Å²) in [7, 11) is 4.70. The number of pyridine rings is 1. The number of hydrogen-bond donors (Lipinski definition) is 0. The van der Waals surface area contributed by atoms with Crippen molar-refractivity contribution < 1.29 is 14.2 Å². The van der Waals surface area contributed by atoms with Crippen molar-refractivity contribution in [2.75, 3.05) is 21.3 Å². The molecule has 1 aromatic heterocycles. The predicted octanol–water partition coefficient (Wildman–Crippen LogP) is 4.08. The monoisotopic (exact) mass is 313 g/mol. The van der Waals surface area contributed by atoms with Crippen LogP contribution < -0.4 is 14.2 Å². The zero-order chi connectivity index (χ0) is 14.7. The van der Waals surface area contributed by atoms with E-state index in [0.29, 0.717) is 38.6 Å². The third kappa shape index (κ3) is 2.76. The van der Waals surface area contributed by atoms with Crippen LogP contribution in [0.4, 0.5) is 0 Å². The molecule has 0 atom stereocenters. The van der Waals surface area contributed by atoms with Gasteiger partial charge < -0.3 is 14.2 Å². The Morgan fingerprint density at radius 1 is 0.900 bits per heavy atom. The number of halogens is 2. The zero-order valence-electron chi connectivity index (χ0n) is 11.2. The average Bonchev–Trinajstić information content (AvgIpc) is 2.48. The number of benzene rings is 1. The molecule has 0 aliphatic carbocycles. The summed E-state index contributed by atoms with van der Waals surface area (Å²) < 4.78 is 16.0. The summed E-state index contributed by atoms with van der Waals surface area (Å²) in [6, 6.07) is 5.17. The molecule has 0 N–H and O–H groups in total. The minimum atomic E-state index is 0.337. The normalized spacial score (nSPS) is 10.2. The summed E-state index contributed by atoms with van der Waals surface area (Å²) in [5, 5.41) is 0.792. The molecule has 0 saturated carbocycles. The highest BCUT2D eigenvalue weighted by Crippen LogP contribution is 2.44. The van der Waals surface area contributed by atoms with Gasteiger partial charge in [-0.2, -0.15) is 0 Å². The van der Waals surface area contributed by atoms with Crippen LogP contribution in [0.5, 0.6) is 17.2 Å². The van der Waals surface area contributed by atoms with Crippen molar-refractivity contribution in [3.63, 3.8) is 0 Å². The molecule has 1 heterocycles. The number of hydrogen-bond acceptors (Lipinski definition) is 4. The van der Waals surface area contributed by atoms with Crippen LogP contribution in [0, 0.1) is 0 Å². The van der Waals surface area contributed by atoms with Gasteiger partial charge in [0, 0.05) is 23.9 Å². The molecule has 0 unspecified atom stereocenters. The van der Waals surface area contributed by atoms with Crippen molar-refractivity contribution in [2.45, 2.75) is 0 Å². The van der Waals surface area contributed by atoms with Crippen LogP contribution in [0.1, 0.15) is 0 Å². The van der Waals surface area contributed by atoms with Gasteiger partial charge in [0.25, 0.3) is 0 Å². The Bertz CT molecular complexity index is 607. The average molecular weight is 314 g/mol. The number of rotatable bonds is 4. The van der Waals surface area contributed by atoms with E-state index >= 15 is 0 Å². The van der Waals surface area contributed by atoms with Crippen LogP contribution in [0.2, 0.25) is 10.2 Å². The molecule has 0 radical (unpaired) electrons. The minimum absolute atomic E-state index is 0.337. The summed E-state index contributed by atoms with van der Waals surface area (Å²) >= 11 is 12.1. The standard InChI is InChI=1S/C14H13Cl2NO3/c1-18-8-4-11(19-2)14(12(5-8)20-3)9-6-13(16)17-7-10(9)15/h4-7H,1-3H3. The summed E-state index contributed by atoms with van der Waals surface area (Å²) in [4.78, 5) is 3.94. The van der Waals surface area contributed by atoms with Gasteiger partial charge in [0.1, 0.15) is 22.4 Å². The van der Waals surface area contributed by atoms with E-state index in [4.69, 9.17) is 37.4 Å². The molecule has 106 valence electrons. The van der Waals surface area contributed by atoms with Crippen LogP contribution in [0.25, 0.3) is 11.1 Å². The van der Waals surface area contributed by atoms with Crippen LogP contribution in [0.15, 0.2) is 24.4 Å². The maximum absolute atomic E-state index is 6.20. The van der Waals surface area contributed by atoms with Crippen LogP contribution in [-0.2, 0) is 0 Å². The zero-order valence-corrected chi connectivity index (χ0v) is 12.7. The van der Waals surface area contributed by atoms with Gasteiger partial charge in [-0.1, -0.05) is 23.2 Å². The maximum atomic E-state index is 6.20. The maximum Gasteiger partial charge on any atom is 0.134 e. The van der Waals surface area contributed by atoms with Gasteiger partial charge in [0.05, 0.1) is 31.9 Å². The number of aromatic nitrogens is 1. The van der Waals surface area contributed by atoms with E-state index in [9.17, 15) is 0 Å². The first-order chi connectivity index (χ1) is 9.60. The van der Waals surface area contributed by atoms with Crippen molar-refractivity contribution >= 4 is 23.2 Å². The fraction of sp³-hybridized carbons (Fsp3) is 0.214. The molecule has 0 spiro atoms. The Labute approximate surface area is 127 Å². The molecule has 4 nitrogen and oxygen atoms in total. The fourth-order valence-electron chi connectivity index (χ4n) is 1.88. The lowest BCUT2D eigenvalue weighted by molar-refractivity contribution is 0.377. The summed E-state index contributed by atoms with van der Waals surface area (Å²) in [6.45, 7) is 0. The quantitative estimate of drug-likeness (QED) is 0.797. The molecule has 20 heavy (non-hydrogen) atoms. The summed E-state index contributed by atoms with van der Waals surface area (Å²) in [5.41, 5.74) is 1.38. The first-order valence-corrected chi connectivity index (χ1v) is 6.47. The lowest BCUT2D eigenvalue weighted by Gasteiger charge is -2.16. The molecule has 6 heteroatoms. The van der Waals surface area contributed by atoms with Gasteiger partial charge in [-0.05, 0) is 6.07 Å². The lowest BCUT2D eigenvalue weighted by atomic mass is 10.0. The van der Waals surface area contributed by atoms with Crippen LogP contribution >= 0.6 is 23.2 Å². The Balaban J connectivity index is 2.74. The van der Waals surface area contributed by atoms with Crippen LogP contribution in [0.3, 0.4) is 0 Å². The molecule has 0 fully saturated rings. The third-order valence-electron chi connectivity index (χ3n) is 2.81. The van der Waals surface area contributed by atoms with Crippen molar-refractivity contribution in [1.82, 2.24) is 4.98 Å². The van der Waals surface area contributed by atoms with E-state index < -0.39 is 0 Å². The highest BCUT2D eigenvalue weighted by Gasteiger charge is 2.18. The van der Waals surface area contributed by atoms with Crippen molar-refractivity contribution in [3.05, 3.63) is 34.6 Å². The second-order valence-electron chi connectivity index (χ2n) is 3.89. The second kappa shape index (κ2) is 6.20. The SMILES string of the molecule is COc1cc(OC)c(-c2cc(Cl)ncc2Cl)c(OC)c1. The molecule has 0 aliphatic heterocycles. The molecule has 2 aromatic rings.